The minimum absolute atomic E-state index is 0.304. The van der Waals surface area contributed by atoms with Gasteiger partial charge in [0.1, 0.15) is 0 Å². The van der Waals surface area contributed by atoms with Gasteiger partial charge in [-0.2, -0.15) is 0 Å². The summed E-state index contributed by atoms with van der Waals surface area (Å²) in [6.07, 6.45) is 4.07. The van der Waals surface area contributed by atoms with Crippen LogP contribution in [0.2, 0.25) is 0 Å². The van der Waals surface area contributed by atoms with E-state index < -0.39 is 0 Å². The monoisotopic (exact) mass is 342 g/mol. The van der Waals surface area contributed by atoms with Crippen LogP contribution in [0.1, 0.15) is 30.3 Å². The lowest BCUT2D eigenvalue weighted by Crippen LogP contribution is -1.96. The Kier molecular flexibility index (Phi) is 3.92. The highest BCUT2D eigenvalue weighted by atomic mass is 79.9. The van der Waals surface area contributed by atoms with Gasteiger partial charge in [0.2, 0.25) is 0 Å². The Morgan fingerprint density at radius 1 is 1.31 bits per heavy atom. The maximum absolute atomic E-state index is 4.60. The first kappa shape index (κ1) is 12.0. The van der Waals surface area contributed by atoms with Gasteiger partial charge in [-0.05, 0) is 24.6 Å². The molecule has 0 saturated carbocycles. The highest BCUT2D eigenvalue weighted by molar-refractivity contribution is 9.10. The fourth-order valence-electron chi connectivity index (χ4n) is 1.55. The first-order chi connectivity index (χ1) is 7.70. The number of nitrogens with zero attached hydrogens (tertiary/aromatic N) is 2. The predicted octanol–water partition coefficient (Wildman–Crippen LogP) is 4.63. The SMILES string of the molecule is CCCC(Br)c1cnc2cc(Br)ccc2n1. The van der Waals surface area contributed by atoms with Gasteiger partial charge >= 0.3 is 0 Å². The summed E-state index contributed by atoms with van der Waals surface area (Å²) in [5.41, 5.74) is 2.88. The third-order valence-corrected chi connectivity index (χ3v) is 3.81. The molecule has 4 heteroatoms. The lowest BCUT2D eigenvalue weighted by atomic mass is 10.2. The molecule has 0 bridgehead atoms. The van der Waals surface area contributed by atoms with Crippen LogP contribution in [0, 0.1) is 0 Å². The molecule has 0 fully saturated rings. The second-order valence-electron chi connectivity index (χ2n) is 3.68. The number of halogens is 2. The zero-order chi connectivity index (χ0) is 11.5. The molecule has 0 saturated heterocycles. The average molecular weight is 344 g/mol. The van der Waals surface area contributed by atoms with Crippen molar-refractivity contribution in [1.82, 2.24) is 9.97 Å². The van der Waals surface area contributed by atoms with Gasteiger partial charge in [0.05, 0.1) is 27.8 Å². The first-order valence-electron chi connectivity index (χ1n) is 5.27. The van der Waals surface area contributed by atoms with Crippen LogP contribution in [0.4, 0.5) is 0 Å². The lowest BCUT2D eigenvalue weighted by Gasteiger charge is -2.08. The summed E-state index contributed by atoms with van der Waals surface area (Å²) in [6, 6.07) is 5.96. The van der Waals surface area contributed by atoms with Crippen molar-refractivity contribution < 1.29 is 0 Å². The summed E-state index contributed by atoms with van der Waals surface area (Å²) in [4.78, 5) is 9.33. The zero-order valence-electron chi connectivity index (χ0n) is 8.95. The minimum Gasteiger partial charge on any atom is -0.253 e. The van der Waals surface area contributed by atoms with E-state index in [2.05, 4.69) is 48.8 Å². The van der Waals surface area contributed by atoms with E-state index in [9.17, 15) is 0 Å². The molecule has 2 nitrogen and oxygen atoms in total. The van der Waals surface area contributed by atoms with Crippen LogP contribution >= 0.6 is 31.9 Å². The van der Waals surface area contributed by atoms with Crippen molar-refractivity contribution in [2.45, 2.75) is 24.6 Å². The quantitative estimate of drug-likeness (QED) is 0.759. The van der Waals surface area contributed by atoms with E-state index in [4.69, 9.17) is 0 Å². The van der Waals surface area contributed by atoms with Gasteiger partial charge in [0.25, 0.3) is 0 Å². The summed E-state index contributed by atoms with van der Waals surface area (Å²) >= 11 is 7.06. The number of hydrogen-bond donors (Lipinski definition) is 0. The molecule has 2 rings (SSSR count). The van der Waals surface area contributed by atoms with E-state index >= 15 is 0 Å². The maximum atomic E-state index is 4.60. The van der Waals surface area contributed by atoms with Crippen molar-refractivity contribution in [3.05, 3.63) is 34.6 Å². The van der Waals surface area contributed by atoms with Crippen LogP contribution in [0.25, 0.3) is 11.0 Å². The third-order valence-electron chi connectivity index (χ3n) is 2.39. The molecule has 1 aromatic heterocycles. The van der Waals surface area contributed by atoms with Gasteiger partial charge in [0, 0.05) is 4.47 Å². The largest absolute Gasteiger partial charge is 0.253 e. The topological polar surface area (TPSA) is 25.8 Å². The summed E-state index contributed by atoms with van der Waals surface area (Å²) in [5, 5.41) is 0. The lowest BCUT2D eigenvalue weighted by molar-refractivity contribution is 0.769. The van der Waals surface area contributed by atoms with Crippen molar-refractivity contribution in [3.63, 3.8) is 0 Å². The Balaban J connectivity index is 2.40. The van der Waals surface area contributed by atoms with E-state index in [1.807, 2.05) is 24.4 Å². The number of hydrogen-bond acceptors (Lipinski definition) is 2. The molecule has 1 atom stereocenters. The number of rotatable bonds is 3. The molecule has 1 heterocycles. The molecule has 0 aliphatic heterocycles. The van der Waals surface area contributed by atoms with Crippen molar-refractivity contribution in [1.29, 1.82) is 0 Å². The molecule has 1 unspecified atom stereocenters. The molecular formula is C12H12Br2N2. The molecule has 84 valence electrons. The van der Waals surface area contributed by atoms with Crippen LogP contribution in [-0.2, 0) is 0 Å². The fourth-order valence-corrected chi connectivity index (χ4v) is 2.58. The van der Waals surface area contributed by atoms with E-state index in [1.54, 1.807) is 0 Å². The normalized spacial score (nSPS) is 12.9. The Morgan fingerprint density at radius 3 is 2.88 bits per heavy atom. The maximum Gasteiger partial charge on any atom is 0.0898 e. The van der Waals surface area contributed by atoms with E-state index in [0.29, 0.717) is 4.83 Å². The fraction of sp³-hybridized carbons (Fsp3) is 0.333. The second-order valence-corrected chi connectivity index (χ2v) is 5.71. The molecular weight excluding hydrogens is 332 g/mol. The van der Waals surface area contributed by atoms with E-state index in [1.165, 1.54) is 0 Å². The van der Waals surface area contributed by atoms with Crippen molar-refractivity contribution >= 4 is 42.9 Å². The highest BCUT2D eigenvalue weighted by Gasteiger charge is 2.09. The molecule has 0 radical (unpaired) electrons. The van der Waals surface area contributed by atoms with Gasteiger partial charge in [-0.1, -0.05) is 45.2 Å². The molecule has 0 aliphatic carbocycles. The molecule has 0 spiro atoms. The molecule has 0 aliphatic rings. The molecule has 2 aromatic rings. The van der Waals surface area contributed by atoms with Crippen molar-refractivity contribution in [2.24, 2.45) is 0 Å². The first-order valence-corrected chi connectivity index (χ1v) is 6.98. The smallest absolute Gasteiger partial charge is 0.0898 e. The number of fused-ring (bicyclic) bond motifs is 1. The summed E-state index contributed by atoms with van der Waals surface area (Å²) in [6.45, 7) is 2.17. The number of alkyl halides is 1. The van der Waals surface area contributed by atoms with Gasteiger partial charge in [0.15, 0.2) is 0 Å². The van der Waals surface area contributed by atoms with Gasteiger partial charge in [-0.3, -0.25) is 4.98 Å². The van der Waals surface area contributed by atoms with Crippen molar-refractivity contribution in [3.8, 4) is 0 Å². The number of benzene rings is 1. The number of aromatic nitrogens is 2. The van der Waals surface area contributed by atoms with Crippen LogP contribution in [0.3, 0.4) is 0 Å². The van der Waals surface area contributed by atoms with Crippen molar-refractivity contribution in [2.75, 3.05) is 0 Å². The van der Waals surface area contributed by atoms with Gasteiger partial charge in [-0.15, -0.1) is 0 Å². The Bertz CT molecular complexity index is 499. The predicted molar refractivity (Wildman–Crippen MR) is 73.8 cm³/mol. The molecule has 16 heavy (non-hydrogen) atoms. The van der Waals surface area contributed by atoms with Gasteiger partial charge < -0.3 is 0 Å². The second kappa shape index (κ2) is 5.23. The Morgan fingerprint density at radius 2 is 2.12 bits per heavy atom. The third kappa shape index (κ3) is 2.61. The standard InChI is InChI=1S/C12H12Br2N2/c1-2-3-9(14)12-7-15-11-6-8(13)4-5-10(11)16-12/h4-7,9H,2-3H2,1H3. The van der Waals surface area contributed by atoms with Crippen LogP contribution in [0.5, 0.6) is 0 Å². The molecule has 0 N–H and O–H groups in total. The minimum atomic E-state index is 0.304. The Labute approximate surface area is 112 Å². The zero-order valence-corrected chi connectivity index (χ0v) is 12.1. The van der Waals surface area contributed by atoms with E-state index in [0.717, 1.165) is 34.0 Å². The van der Waals surface area contributed by atoms with Crippen LogP contribution in [-0.4, -0.2) is 9.97 Å². The highest BCUT2D eigenvalue weighted by Crippen LogP contribution is 2.27. The molecule has 0 amide bonds. The summed E-state index contributed by atoms with van der Waals surface area (Å²) in [5.74, 6) is 0. The van der Waals surface area contributed by atoms with Gasteiger partial charge in [-0.25, -0.2) is 4.98 Å². The average Bonchev–Trinajstić information content (AvgIpc) is 2.28. The summed E-state index contributed by atoms with van der Waals surface area (Å²) in [7, 11) is 0. The van der Waals surface area contributed by atoms with Crippen LogP contribution in [0.15, 0.2) is 28.9 Å². The summed E-state index contributed by atoms with van der Waals surface area (Å²) < 4.78 is 1.03. The van der Waals surface area contributed by atoms with E-state index in [-0.39, 0.29) is 0 Å². The molecule has 1 aromatic carbocycles. The van der Waals surface area contributed by atoms with Crippen LogP contribution < -0.4 is 0 Å². The Hall–Kier alpha value is -0.480.